The maximum Gasteiger partial charge on any atom is 0.238 e. The van der Waals surface area contributed by atoms with Crippen LogP contribution in [0.3, 0.4) is 0 Å². The average Bonchev–Trinajstić information content (AvgIpc) is 3.01. The highest BCUT2D eigenvalue weighted by Gasteiger charge is 2.30. The first kappa shape index (κ1) is 18.0. The van der Waals surface area contributed by atoms with Gasteiger partial charge in [-0.1, -0.05) is 31.9 Å². The number of nitrogens with two attached hydrogens (primary N) is 1. The summed E-state index contributed by atoms with van der Waals surface area (Å²) in [5, 5.41) is 3.58. The fourth-order valence-electron chi connectivity index (χ4n) is 2.61. The molecule has 0 aromatic heterocycles. The predicted octanol–water partition coefficient (Wildman–Crippen LogP) is 1.70. The van der Waals surface area contributed by atoms with Gasteiger partial charge in [0.15, 0.2) is 0 Å². The molecule has 1 aromatic rings. The Hall–Kier alpha value is -1.34. The average molecular weight is 341 g/mol. The van der Waals surface area contributed by atoms with Crippen LogP contribution in [0.1, 0.15) is 38.3 Å². The Morgan fingerprint density at radius 2 is 2.26 bits per heavy atom. The van der Waals surface area contributed by atoms with E-state index in [9.17, 15) is 4.79 Å². The third-order valence-corrected chi connectivity index (χ3v) is 4.58. The molecule has 1 heterocycles. The summed E-state index contributed by atoms with van der Waals surface area (Å²) in [6.45, 7) is 4.00. The summed E-state index contributed by atoms with van der Waals surface area (Å²) in [6, 6.07) is 4.99. The molecule has 4 atom stereocenters. The molecule has 7 heteroatoms. The van der Waals surface area contributed by atoms with Crippen molar-refractivity contribution in [3.05, 3.63) is 28.8 Å². The first-order valence-electron chi connectivity index (χ1n) is 7.86. The van der Waals surface area contributed by atoms with E-state index in [2.05, 4.69) is 16.2 Å². The van der Waals surface area contributed by atoms with Gasteiger partial charge in [-0.25, -0.2) is 10.9 Å². The van der Waals surface area contributed by atoms with E-state index in [1.807, 2.05) is 26.0 Å². The van der Waals surface area contributed by atoms with Gasteiger partial charge in [-0.2, -0.15) is 0 Å². The van der Waals surface area contributed by atoms with Crippen LogP contribution in [0.4, 0.5) is 0 Å². The van der Waals surface area contributed by atoms with E-state index in [0.29, 0.717) is 11.4 Å². The van der Waals surface area contributed by atoms with Gasteiger partial charge in [0, 0.05) is 17.0 Å². The van der Waals surface area contributed by atoms with Gasteiger partial charge in [0.1, 0.15) is 5.75 Å². The van der Waals surface area contributed by atoms with E-state index in [1.165, 1.54) is 0 Å². The van der Waals surface area contributed by atoms with E-state index in [0.717, 1.165) is 17.7 Å². The van der Waals surface area contributed by atoms with E-state index in [1.54, 1.807) is 13.2 Å². The van der Waals surface area contributed by atoms with Gasteiger partial charge in [-0.3, -0.25) is 4.79 Å². The first-order valence-corrected chi connectivity index (χ1v) is 8.24. The van der Waals surface area contributed by atoms with Crippen LogP contribution in [0.2, 0.25) is 5.02 Å². The van der Waals surface area contributed by atoms with Crippen molar-refractivity contribution in [2.75, 3.05) is 7.11 Å². The lowest BCUT2D eigenvalue weighted by Gasteiger charge is -2.20. The molecule has 128 valence electrons. The smallest absolute Gasteiger partial charge is 0.238 e. The third kappa shape index (κ3) is 4.35. The second kappa shape index (κ2) is 7.97. The highest BCUT2D eigenvalue weighted by molar-refractivity contribution is 6.30. The van der Waals surface area contributed by atoms with Crippen molar-refractivity contribution in [3.63, 3.8) is 0 Å². The lowest BCUT2D eigenvalue weighted by molar-refractivity contribution is -0.124. The summed E-state index contributed by atoms with van der Waals surface area (Å²) in [6.07, 6.45) is 1.36. The van der Waals surface area contributed by atoms with Crippen LogP contribution in [0.15, 0.2) is 18.2 Å². The normalized spacial score (nSPS) is 23.3. The Bertz CT molecular complexity index is 555. The zero-order valence-corrected chi connectivity index (χ0v) is 14.5. The van der Waals surface area contributed by atoms with Crippen molar-refractivity contribution in [3.8, 4) is 5.75 Å². The Morgan fingerprint density at radius 1 is 1.52 bits per heavy atom. The lowest BCUT2D eigenvalue weighted by Crippen LogP contribution is -2.52. The van der Waals surface area contributed by atoms with Gasteiger partial charge < -0.3 is 15.8 Å². The van der Waals surface area contributed by atoms with Crippen LogP contribution in [0.5, 0.6) is 5.75 Å². The Morgan fingerprint density at radius 3 is 2.91 bits per heavy atom. The lowest BCUT2D eigenvalue weighted by atomic mass is 9.99. The van der Waals surface area contributed by atoms with Crippen molar-refractivity contribution in [1.29, 1.82) is 0 Å². The molecule has 1 fully saturated rings. The van der Waals surface area contributed by atoms with E-state index in [-0.39, 0.29) is 24.0 Å². The molecule has 0 saturated carbocycles. The molecular formula is C16H25ClN4O2. The standard InChI is InChI=1S/C16H25ClN4O2/c1-4-9(2)15(18)16(22)19-14-8-12(20-21-14)11-7-10(17)5-6-13(11)23-3/h5-7,9,12,14-15,20-21H,4,8,18H2,1-3H3,(H,19,22). The third-order valence-electron chi connectivity index (χ3n) is 4.35. The molecule has 1 aliphatic heterocycles. The number of rotatable bonds is 6. The zero-order valence-electron chi connectivity index (χ0n) is 13.7. The van der Waals surface area contributed by atoms with Crippen LogP contribution in [-0.4, -0.2) is 25.2 Å². The van der Waals surface area contributed by atoms with Gasteiger partial charge in [0.25, 0.3) is 0 Å². The highest BCUT2D eigenvalue weighted by Crippen LogP contribution is 2.32. The van der Waals surface area contributed by atoms with Crippen molar-refractivity contribution in [1.82, 2.24) is 16.2 Å². The maximum atomic E-state index is 12.2. The molecule has 4 unspecified atom stereocenters. The second-order valence-electron chi connectivity index (χ2n) is 5.94. The summed E-state index contributed by atoms with van der Waals surface area (Å²) < 4.78 is 5.38. The van der Waals surface area contributed by atoms with Gasteiger partial charge >= 0.3 is 0 Å². The number of hydrogen-bond acceptors (Lipinski definition) is 5. The number of halogens is 1. The van der Waals surface area contributed by atoms with Crippen LogP contribution in [-0.2, 0) is 4.79 Å². The SMILES string of the molecule is CCC(C)C(N)C(=O)NC1CC(c2cc(Cl)ccc2OC)NN1. The number of methoxy groups -OCH3 is 1. The van der Waals surface area contributed by atoms with Gasteiger partial charge in [-0.05, 0) is 24.1 Å². The quantitative estimate of drug-likeness (QED) is 0.633. The number of amides is 1. The summed E-state index contributed by atoms with van der Waals surface area (Å²) in [5.41, 5.74) is 13.2. The minimum Gasteiger partial charge on any atom is -0.496 e. The van der Waals surface area contributed by atoms with Crippen LogP contribution >= 0.6 is 11.6 Å². The van der Waals surface area contributed by atoms with Crippen LogP contribution in [0.25, 0.3) is 0 Å². The van der Waals surface area contributed by atoms with Gasteiger partial charge in [-0.15, -0.1) is 0 Å². The van der Waals surface area contributed by atoms with E-state index >= 15 is 0 Å². The molecule has 0 radical (unpaired) electrons. The van der Waals surface area contributed by atoms with E-state index < -0.39 is 6.04 Å². The Balaban J connectivity index is 1.99. The number of carbonyl (C=O) groups excluding carboxylic acids is 1. The topological polar surface area (TPSA) is 88.4 Å². The second-order valence-corrected chi connectivity index (χ2v) is 6.37. The largest absolute Gasteiger partial charge is 0.496 e. The zero-order chi connectivity index (χ0) is 17.0. The summed E-state index contributed by atoms with van der Waals surface area (Å²) in [7, 11) is 1.62. The van der Waals surface area contributed by atoms with Crippen molar-refractivity contribution >= 4 is 17.5 Å². The number of ether oxygens (including phenoxy) is 1. The molecule has 1 saturated heterocycles. The number of hydrazine groups is 1. The number of hydrogen-bond donors (Lipinski definition) is 4. The minimum atomic E-state index is -0.499. The summed E-state index contributed by atoms with van der Waals surface area (Å²) in [5.74, 6) is 0.766. The molecule has 2 rings (SSSR count). The predicted molar refractivity (Wildman–Crippen MR) is 91.0 cm³/mol. The van der Waals surface area contributed by atoms with Crippen molar-refractivity contribution in [2.24, 2.45) is 11.7 Å². The fourth-order valence-corrected chi connectivity index (χ4v) is 2.79. The van der Waals surface area contributed by atoms with Crippen LogP contribution in [0, 0.1) is 5.92 Å². The van der Waals surface area contributed by atoms with E-state index in [4.69, 9.17) is 22.1 Å². The van der Waals surface area contributed by atoms with Crippen LogP contribution < -0.4 is 26.6 Å². The number of nitrogens with one attached hydrogen (secondary N) is 3. The summed E-state index contributed by atoms with van der Waals surface area (Å²) >= 11 is 6.08. The number of benzene rings is 1. The minimum absolute atomic E-state index is 0.00577. The Kier molecular flexibility index (Phi) is 6.24. The summed E-state index contributed by atoms with van der Waals surface area (Å²) in [4.78, 5) is 12.2. The van der Waals surface area contributed by atoms with Crippen molar-refractivity contribution < 1.29 is 9.53 Å². The molecule has 1 amide bonds. The monoisotopic (exact) mass is 340 g/mol. The fraction of sp³-hybridized carbons (Fsp3) is 0.562. The highest BCUT2D eigenvalue weighted by atomic mass is 35.5. The molecule has 0 spiro atoms. The van der Waals surface area contributed by atoms with Gasteiger partial charge in [0.2, 0.25) is 5.91 Å². The molecule has 6 nitrogen and oxygen atoms in total. The molecule has 5 N–H and O–H groups in total. The number of carbonyl (C=O) groups is 1. The molecular weight excluding hydrogens is 316 g/mol. The maximum absolute atomic E-state index is 12.2. The molecule has 1 aromatic carbocycles. The first-order chi connectivity index (χ1) is 11.0. The molecule has 0 aliphatic carbocycles. The molecule has 23 heavy (non-hydrogen) atoms. The van der Waals surface area contributed by atoms with Crippen molar-refractivity contribution in [2.45, 2.75) is 44.9 Å². The molecule has 0 bridgehead atoms. The Labute approximate surface area is 142 Å². The van der Waals surface area contributed by atoms with Gasteiger partial charge in [0.05, 0.1) is 25.4 Å². The molecule has 1 aliphatic rings.